The van der Waals surface area contributed by atoms with Crippen molar-refractivity contribution in [2.24, 2.45) is 11.8 Å². The fourth-order valence-corrected chi connectivity index (χ4v) is 8.01. The van der Waals surface area contributed by atoms with Gasteiger partial charge in [-0.2, -0.15) is 0 Å². The molecule has 186 valence electrons. The number of hydrogen-bond donors (Lipinski definition) is 2. The molecule has 1 aliphatic carbocycles. The lowest BCUT2D eigenvalue weighted by Gasteiger charge is -2.47. The SMILES string of the molecule is Cc1ccc2c(n1)[NH2+]CC[C@]21C[NH2+]C[C@H]1C(=O)N1CC[C@@H](c2ccccc2)C[C@H]1C1CCCCC1. The summed E-state index contributed by atoms with van der Waals surface area (Å²) in [6.45, 7) is 5.96. The van der Waals surface area contributed by atoms with Crippen molar-refractivity contribution < 1.29 is 15.4 Å². The Morgan fingerprint density at radius 2 is 1.89 bits per heavy atom. The van der Waals surface area contributed by atoms with Gasteiger partial charge in [-0.05, 0) is 62.1 Å². The first kappa shape index (κ1) is 23.2. The average molecular weight is 475 g/mol. The minimum atomic E-state index is -0.0603. The number of carbonyl (C=O) groups is 1. The lowest BCUT2D eigenvalue weighted by atomic mass is 9.67. The van der Waals surface area contributed by atoms with E-state index in [1.54, 1.807) is 0 Å². The number of nitrogens with zero attached hydrogens (tertiary/aromatic N) is 2. The number of benzene rings is 1. The van der Waals surface area contributed by atoms with Crippen molar-refractivity contribution in [2.45, 2.75) is 75.7 Å². The molecule has 5 nitrogen and oxygen atoms in total. The van der Waals surface area contributed by atoms with Gasteiger partial charge in [-0.15, -0.1) is 0 Å². The number of rotatable bonds is 3. The van der Waals surface area contributed by atoms with Crippen LogP contribution in [0.1, 0.15) is 74.1 Å². The summed E-state index contributed by atoms with van der Waals surface area (Å²) in [5.74, 6) is 2.88. The van der Waals surface area contributed by atoms with Gasteiger partial charge in [0, 0.05) is 30.3 Å². The normalized spacial score (nSPS) is 31.5. The summed E-state index contributed by atoms with van der Waals surface area (Å²) in [5, 5.41) is 4.70. The average Bonchev–Trinajstić information content (AvgIpc) is 3.32. The van der Waals surface area contributed by atoms with Gasteiger partial charge in [-0.3, -0.25) is 10.1 Å². The van der Waals surface area contributed by atoms with E-state index < -0.39 is 0 Å². The monoisotopic (exact) mass is 474 g/mol. The van der Waals surface area contributed by atoms with Gasteiger partial charge in [0.2, 0.25) is 11.7 Å². The number of piperidine rings is 1. The molecule has 2 saturated heterocycles. The molecule has 0 bridgehead atoms. The van der Waals surface area contributed by atoms with Crippen molar-refractivity contribution in [3.05, 3.63) is 59.3 Å². The summed E-state index contributed by atoms with van der Waals surface area (Å²) in [6, 6.07) is 15.9. The van der Waals surface area contributed by atoms with Crippen molar-refractivity contribution in [1.29, 1.82) is 0 Å². The van der Waals surface area contributed by atoms with Gasteiger partial charge in [0.15, 0.2) is 0 Å². The zero-order valence-electron chi connectivity index (χ0n) is 21.3. The Hall–Kier alpha value is -2.24. The first-order valence-electron chi connectivity index (χ1n) is 14.1. The Balaban J connectivity index is 1.30. The third kappa shape index (κ3) is 4.21. The van der Waals surface area contributed by atoms with Crippen LogP contribution in [-0.2, 0) is 10.2 Å². The zero-order chi connectivity index (χ0) is 23.8. The molecule has 2 aromatic rings. The quantitative estimate of drug-likeness (QED) is 0.718. The number of pyridine rings is 1. The highest BCUT2D eigenvalue weighted by molar-refractivity contribution is 5.82. The maximum absolute atomic E-state index is 14.5. The van der Waals surface area contributed by atoms with Crippen molar-refractivity contribution >= 4 is 11.7 Å². The third-order valence-corrected chi connectivity index (χ3v) is 9.80. The lowest BCUT2D eigenvalue weighted by Crippen LogP contribution is -2.85. The van der Waals surface area contributed by atoms with E-state index in [4.69, 9.17) is 4.98 Å². The molecule has 6 rings (SSSR count). The fraction of sp³-hybridized carbons (Fsp3) is 0.600. The molecule has 3 aliphatic heterocycles. The van der Waals surface area contributed by atoms with Crippen molar-refractivity contribution in [3.63, 3.8) is 0 Å². The molecule has 0 unspecified atom stereocenters. The van der Waals surface area contributed by atoms with E-state index in [2.05, 4.69) is 64.9 Å². The van der Waals surface area contributed by atoms with Crippen LogP contribution in [0.3, 0.4) is 0 Å². The number of likely N-dealkylation sites (tertiary alicyclic amines) is 1. The van der Waals surface area contributed by atoms with Gasteiger partial charge in [-0.1, -0.05) is 49.6 Å². The number of hydrogen-bond acceptors (Lipinski definition) is 2. The Morgan fingerprint density at radius 1 is 1.06 bits per heavy atom. The number of aromatic nitrogens is 1. The predicted octanol–water partition coefficient (Wildman–Crippen LogP) is 2.77. The van der Waals surface area contributed by atoms with E-state index in [1.165, 1.54) is 43.2 Å². The van der Waals surface area contributed by atoms with Gasteiger partial charge in [-0.25, -0.2) is 4.98 Å². The molecule has 5 heteroatoms. The number of nitrogens with two attached hydrogens (primary N) is 2. The highest BCUT2D eigenvalue weighted by atomic mass is 16.2. The van der Waals surface area contributed by atoms with E-state index in [-0.39, 0.29) is 11.3 Å². The zero-order valence-corrected chi connectivity index (χ0v) is 21.3. The van der Waals surface area contributed by atoms with Crippen LogP contribution >= 0.6 is 0 Å². The Kier molecular flexibility index (Phi) is 6.40. The van der Waals surface area contributed by atoms with Crippen LogP contribution in [0.15, 0.2) is 42.5 Å². The molecule has 4 aliphatic rings. The standard InChI is InChI=1S/C30H40N4O/c1-21-12-13-25-28(33-21)32-16-15-30(25)20-31-19-26(30)29(35)34-17-14-24(22-8-4-2-5-9-22)18-27(34)23-10-6-3-7-11-23/h2,4-5,8-9,12-13,23-24,26-27,31H,3,6-7,10-11,14-20H2,1H3,(H,32,33)/p+2/t24-,26+,27+,30+/m1/s1. The summed E-state index contributed by atoms with van der Waals surface area (Å²) >= 11 is 0. The van der Waals surface area contributed by atoms with Crippen LogP contribution in [-0.4, -0.2) is 48.0 Å². The van der Waals surface area contributed by atoms with Crippen molar-refractivity contribution in [3.8, 4) is 0 Å². The summed E-state index contributed by atoms with van der Waals surface area (Å²) in [4.78, 5) is 21.8. The highest BCUT2D eigenvalue weighted by Crippen LogP contribution is 2.44. The minimum absolute atomic E-state index is 0.0603. The van der Waals surface area contributed by atoms with Gasteiger partial charge in [0.25, 0.3) is 0 Å². The van der Waals surface area contributed by atoms with Gasteiger partial charge in [0.1, 0.15) is 5.92 Å². The van der Waals surface area contributed by atoms with Crippen molar-refractivity contribution in [2.75, 3.05) is 26.2 Å². The smallest absolute Gasteiger partial charge is 0.232 e. The topological polar surface area (TPSA) is 66.4 Å². The molecule has 4 heterocycles. The second-order valence-corrected chi connectivity index (χ2v) is 11.7. The largest absolute Gasteiger partial charge is 0.345 e. The van der Waals surface area contributed by atoms with E-state index >= 15 is 0 Å². The summed E-state index contributed by atoms with van der Waals surface area (Å²) < 4.78 is 0. The Bertz CT molecular complexity index is 1050. The molecule has 1 spiro atoms. The number of fused-ring (bicyclic) bond motifs is 2. The van der Waals surface area contributed by atoms with E-state index in [1.807, 2.05) is 0 Å². The highest BCUT2D eigenvalue weighted by Gasteiger charge is 2.56. The predicted molar refractivity (Wildman–Crippen MR) is 137 cm³/mol. The summed E-state index contributed by atoms with van der Waals surface area (Å²) in [5.41, 5.74) is 3.80. The Morgan fingerprint density at radius 3 is 2.71 bits per heavy atom. The van der Waals surface area contributed by atoms with Crippen LogP contribution in [0.4, 0.5) is 5.82 Å². The lowest BCUT2D eigenvalue weighted by molar-refractivity contribution is -0.642. The maximum atomic E-state index is 14.5. The molecule has 1 saturated carbocycles. The Labute approximate surface area is 210 Å². The molecule has 1 aromatic carbocycles. The summed E-state index contributed by atoms with van der Waals surface area (Å²) in [6.07, 6.45) is 9.90. The molecule has 4 atom stereocenters. The molecule has 4 N–H and O–H groups in total. The van der Waals surface area contributed by atoms with Crippen LogP contribution in [0, 0.1) is 18.8 Å². The number of aryl methyl sites for hydroxylation is 1. The minimum Gasteiger partial charge on any atom is -0.345 e. The fourth-order valence-electron chi connectivity index (χ4n) is 8.01. The molecule has 3 fully saturated rings. The molecular formula is C30H42N4O+2. The van der Waals surface area contributed by atoms with Crippen LogP contribution in [0.2, 0.25) is 0 Å². The number of quaternary nitrogens is 2. The van der Waals surface area contributed by atoms with E-state index in [9.17, 15) is 4.79 Å². The summed E-state index contributed by atoms with van der Waals surface area (Å²) in [7, 11) is 0. The molecule has 1 aromatic heterocycles. The molecule has 1 amide bonds. The van der Waals surface area contributed by atoms with E-state index in [0.29, 0.717) is 23.8 Å². The third-order valence-electron chi connectivity index (χ3n) is 9.80. The first-order chi connectivity index (χ1) is 17.2. The van der Waals surface area contributed by atoms with Crippen LogP contribution in [0.5, 0.6) is 0 Å². The second-order valence-electron chi connectivity index (χ2n) is 11.7. The molecule has 0 radical (unpaired) electrons. The molecular weight excluding hydrogens is 432 g/mol. The number of carbonyl (C=O) groups excluding carboxylic acids is 1. The second kappa shape index (κ2) is 9.67. The first-order valence-corrected chi connectivity index (χ1v) is 14.1. The maximum Gasteiger partial charge on any atom is 0.232 e. The number of amides is 1. The van der Waals surface area contributed by atoms with Gasteiger partial charge in [0.05, 0.1) is 25.0 Å². The van der Waals surface area contributed by atoms with Crippen molar-refractivity contribution in [1.82, 2.24) is 9.88 Å². The van der Waals surface area contributed by atoms with Gasteiger partial charge < -0.3 is 10.2 Å². The van der Waals surface area contributed by atoms with E-state index in [0.717, 1.165) is 57.0 Å². The van der Waals surface area contributed by atoms with Gasteiger partial charge >= 0.3 is 0 Å². The molecule has 35 heavy (non-hydrogen) atoms. The van der Waals surface area contributed by atoms with Crippen LogP contribution in [0.25, 0.3) is 0 Å². The van der Waals surface area contributed by atoms with Crippen LogP contribution < -0.4 is 10.6 Å².